The van der Waals surface area contributed by atoms with Crippen molar-refractivity contribution in [3.8, 4) is 11.3 Å². The number of rotatable bonds is 6. The number of benzene rings is 2. The third kappa shape index (κ3) is 4.66. The number of hydrogen-bond acceptors (Lipinski definition) is 7. The quantitative estimate of drug-likeness (QED) is 0.388. The van der Waals surface area contributed by atoms with E-state index in [1.54, 1.807) is 10.9 Å². The highest BCUT2D eigenvalue weighted by molar-refractivity contribution is 5.94. The first-order valence-electron chi connectivity index (χ1n) is 12.5. The number of fused-ring (bicyclic) bond motifs is 2. The molecule has 5 aromatic rings. The summed E-state index contributed by atoms with van der Waals surface area (Å²) in [5, 5.41) is 18.8. The van der Waals surface area contributed by atoms with Gasteiger partial charge in [-0.3, -0.25) is 14.7 Å². The lowest BCUT2D eigenvalue weighted by molar-refractivity contribution is 0.0615. The Balaban J connectivity index is 1.22. The molecule has 2 aromatic carbocycles. The van der Waals surface area contributed by atoms with Gasteiger partial charge in [0.25, 0.3) is 5.91 Å². The van der Waals surface area contributed by atoms with Crippen molar-refractivity contribution in [3.63, 3.8) is 0 Å². The number of para-hydroxylation sites is 1. The fourth-order valence-electron chi connectivity index (χ4n) is 4.86. The fraction of sp³-hybridized carbons (Fsp3) is 0.250. The number of piperazine rings is 1. The molecule has 186 valence electrons. The van der Waals surface area contributed by atoms with E-state index >= 15 is 0 Å². The third-order valence-corrected chi connectivity index (χ3v) is 6.90. The molecule has 4 heterocycles. The van der Waals surface area contributed by atoms with Crippen LogP contribution < -0.4 is 0 Å². The Hall–Kier alpha value is -4.21. The molecule has 3 aromatic heterocycles. The molecule has 37 heavy (non-hydrogen) atoms. The first kappa shape index (κ1) is 23.2. The van der Waals surface area contributed by atoms with E-state index in [4.69, 9.17) is 10.1 Å². The van der Waals surface area contributed by atoms with E-state index in [0.717, 1.165) is 46.3 Å². The summed E-state index contributed by atoms with van der Waals surface area (Å²) in [6, 6.07) is 21.6. The van der Waals surface area contributed by atoms with Gasteiger partial charge in [-0.25, -0.2) is 9.67 Å². The summed E-state index contributed by atoms with van der Waals surface area (Å²) in [7, 11) is 0. The third-order valence-electron chi connectivity index (χ3n) is 6.90. The molecule has 1 aliphatic heterocycles. The number of carbonyl (C=O) groups excluding carboxylic acids is 1. The molecule has 1 fully saturated rings. The monoisotopic (exact) mass is 493 g/mol. The van der Waals surface area contributed by atoms with Crippen LogP contribution in [0.2, 0.25) is 0 Å². The summed E-state index contributed by atoms with van der Waals surface area (Å²) in [6.45, 7) is 4.22. The zero-order chi connectivity index (χ0) is 25.2. The van der Waals surface area contributed by atoms with E-state index < -0.39 is 0 Å². The standard InChI is InChI=1S/C28H27N7O2/c36-18-17-33-13-15-34(16-14-33)28(37)22-8-6-20(7-9-22)24-10-11-25-27(30-24)35(32-31-25)19-23-4-1-3-21-5-2-12-29-26(21)23/h1-12,36H,13-19H2. The molecule has 0 unspecified atom stereocenters. The van der Waals surface area contributed by atoms with Crippen molar-refractivity contribution in [2.24, 2.45) is 0 Å². The number of aromatic nitrogens is 5. The van der Waals surface area contributed by atoms with E-state index in [1.165, 1.54) is 0 Å². The van der Waals surface area contributed by atoms with E-state index in [-0.39, 0.29) is 12.5 Å². The predicted molar refractivity (Wildman–Crippen MR) is 141 cm³/mol. The average molecular weight is 494 g/mol. The van der Waals surface area contributed by atoms with Crippen molar-refractivity contribution in [1.29, 1.82) is 0 Å². The van der Waals surface area contributed by atoms with Gasteiger partial charge in [0.2, 0.25) is 0 Å². The molecular formula is C28H27N7O2. The van der Waals surface area contributed by atoms with Gasteiger partial charge in [0.15, 0.2) is 5.65 Å². The van der Waals surface area contributed by atoms with Gasteiger partial charge in [-0.1, -0.05) is 41.6 Å². The summed E-state index contributed by atoms with van der Waals surface area (Å²) in [6.07, 6.45) is 1.80. The maximum atomic E-state index is 13.0. The second kappa shape index (κ2) is 10.0. The molecule has 9 nitrogen and oxygen atoms in total. The molecule has 0 radical (unpaired) electrons. The number of amides is 1. The van der Waals surface area contributed by atoms with Crippen LogP contribution in [0.1, 0.15) is 15.9 Å². The van der Waals surface area contributed by atoms with Crippen LogP contribution in [-0.2, 0) is 6.54 Å². The van der Waals surface area contributed by atoms with Gasteiger partial charge in [0.1, 0.15) is 5.52 Å². The normalized spacial score (nSPS) is 14.5. The van der Waals surface area contributed by atoms with Crippen LogP contribution in [0.15, 0.2) is 72.9 Å². The number of β-amino-alcohol motifs (C(OH)–C–C–N with tert-alkyl or cyclic N) is 1. The molecule has 0 spiro atoms. The Morgan fingerprint density at radius 1 is 0.919 bits per heavy atom. The van der Waals surface area contributed by atoms with Crippen LogP contribution in [0.5, 0.6) is 0 Å². The van der Waals surface area contributed by atoms with E-state index in [0.29, 0.717) is 37.4 Å². The number of pyridine rings is 2. The minimum atomic E-state index is 0.0320. The van der Waals surface area contributed by atoms with Crippen molar-refractivity contribution in [2.45, 2.75) is 6.54 Å². The molecule has 1 amide bonds. The van der Waals surface area contributed by atoms with Crippen molar-refractivity contribution >= 4 is 28.0 Å². The largest absolute Gasteiger partial charge is 0.395 e. The van der Waals surface area contributed by atoms with Gasteiger partial charge in [0, 0.05) is 55.4 Å². The van der Waals surface area contributed by atoms with Crippen LogP contribution in [0.25, 0.3) is 33.3 Å². The van der Waals surface area contributed by atoms with Crippen molar-refractivity contribution in [2.75, 3.05) is 39.3 Å². The Bertz CT molecular complexity index is 1550. The number of hydrogen-bond donors (Lipinski definition) is 1. The van der Waals surface area contributed by atoms with Crippen LogP contribution in [-0.4, -0.2) is 85.1 Å². The van der Waals surface area contributed by atoms with Crippen LogP contribution in [0.4, 0.5) is 0 Å². The summed E-state index contributed by atoms with van der Waals surface area (Å²) in [4.78, 5) is 26.4. The number of nitrogens with zero attached hydrogens (tertiary/aromatic N) is 7. The van der Waals surface area contributed by atoms with Gasteiger partial charge >= 0.3 is 0 Å². The van der Waals surface area contributed by atoms with Crippen LogP contribution in [0, 0.1) is 0 Å². The second-order valence-electron chi connectivity index (χ2n) is 9.21. The van der Waals surface area contributed by atoms with Gasteiger partial charge in [0.05, 0.1) is 24.4 Å². The van der Waals surface area contributed by atoms with E-state index in [1.807, 2.05) is 65.6 Å². The Labute approximate surface area is 214 Å². The van der Waals surface area contributed by atoms with Gasteiger partial charge < -0.3 is 10.0 Å². The van der Waals surface area contributed by atoms with Gasteiger partial charge in [-0.2, -0.15) is 0 Å². The minimum Gasteiger partial charge on any atom is -0.395 e. The van der Waals surface area contributed by atoms with Crippen LogP contribution >= 0.6 is 0 Å². The van der Waals surface area contributed by atoms with Crippen molar-refractivity contribution in [1.82, 2.24) is 34.8 Å². The summed E-state index contributed by atoms with van der Waals surface area (Å²) in [5.41, 5.74) is 5.80. The Kier molecular flexibility index (Phi) is 6.30. The Morgan fingerprint density at radius 2 is 1.73 bits per heavy atom. The topological polar surface area (TPSA) is 100 Å². The maximum Gasteiger partial charge on any atom is 0.253 e. The zero-order valence-electron chi connectivity index (χ0n) is 20.4. The highest BCUT2D eigenvalue weighted by atomic mass is 16.3. The molecule has 6 rings (SSSR count). The molecule has 0 aliphatic carbocycles. The summed E-state index contributed by atoms with van der Waals surface area (Å²) < 4.78 is 1.80. The van der Waals surface area contributed by atoms with Crippen molar-refractivity contribution < 1.29 is 9.90 Å². The smallest absolute Gasteiger partial charge is 0.253 e. The number of aliphatic hydroxyl groups is 1. The highest BCUT2D eigenvalue weighted by Gasteiger charge is 2.22. The number of aliphatic hydroxyl groups excluding tert-OH is 1. The molecule has 0 atom stereocenters. The lowest BCUT2D eigenvalue weighted by atomic mass is 10.1. The average Bonchev–Trinajstić information content (AvgIpc) is 3.35. The van der Waals surface area contributed by atoms with Crippen molar-refractivity contribution in [3.05, 3.63) is 84.1 Å². The summed E-state index contributed by atoms with van der Waals surface area (Å²) >= 11 is 0. The number of carbonyl (C=O) groups is 1. The lowest BCUT2D eigenvalue weighted by Crippen LogP contribution is -2.49. The Morgan fingerprint density at radius 3 is 2.54 bits per heavy atom. The van der Waals surface area contributed by atoms with Gasteiger partial charge in [-0.15, -0.1) is 5.10 Å². The molecule has 1 saturated heterocycles. The maximum absolute atomic E-state index is 13.0. The molecule has 9 heteroatoms. The van der Waals surface area contributed by atoms with Gasteiger partial charge in [-0.05, 0) is 35.9 Å². The molecule has 0 bridgehead atoms. The predicted octanol–water partition coefficient (Wildman–Crippen LogP) is 2.84. The fourth-order valence-corrected chi connectivity index (χ4v) is 4.86. The van der Waals surface area contributed by atoms with Crippen LogP contribution in [0.3, 0.4) is 0 Å². The zero-order valence-corrected chi connectivity index (χ0v) is 20.4. The lowest BCUT2D eigenvalue weighted by Gasteiger charge is -2.34. The second-order valence-corrected chi connectivity index (χ2v) is 9.21. The molecule has 0 saturated carbocycles. The molecular weight excluding hydrogens is 466 g/mol. The van der Waals surface area contributed by atoms with E-state index in [9.17, 15) is 4.79 Å². The minimum absolute atomic E-state index is 0.0320. The SMILES string of the molecule is O=C(c1ccc(-c2ccc3nnn(Cc4cccc5cccnc45)c3n2)cc1)N1CCN(CCO)CC1. The first-order chi connectivity index (χ1) is 18.2. The van der Waals surface area contributed by atoms with E-state index in [2.05, 4.69) is 26.3 Å². The first-order valence-corrected chi connectivity index (χ1v) is 12.5. The molecule has 1 N–H and O–H groups in total. The summed E-state index contributed by atoms with van der Waals surface area (Å²) in [5.74, 6) is 0.0320. The highest BCUT2D eigenvalue weighted by Crippen LogP contribution is 2.23. The molecule has 1 aliphatic rings.